The van der Waals surface area contributed by atoms with Crippen molar-refractivity contribution in [2.45, 2.75) is 38.6 Å². The summed E-state index contributed by atoms with van der Waals surface area (Å²) in [6.45, 7) is 4.72. The Hall–Kier alpha value is -1.59. The van der Waals surface area contributed by atoms with Crippen molar-refractivity contribution < 1.29 is 4.74 Å². The molecule has 108 valence electrons. The van der Waals surface area contributed by atoms with Gasteiger partial charge < -0.3 is 19.2 Å². The lowest BCUT2D eigenvalue weighted by Gasteiger charge is -2.20. The van der Waals surface area contributed by atoms with Crippen molar-refractivity contribution in [3.8, 4) is 0 Å². The monoisotopic (exact) mass is 274 g/mol. The fraction of sp³-hybridized carbons (Fsp3) is 0.533. The van der Waals surface area contributed by atoms with Gasteiger partial charge in [-0.2, -0.15) is 0 Å². The molecule has 1 aliphatic rings. The standard InChI is InChI=1S/C15H22N4O/c1-3-19-9-7-16-15(19)14-13(6-10-20-14)17-11-12-5-4-8-18(12)2/h4-5,7-9,13-14,17H,3,6,10-11H2,1-2H3/t13-,14-/m0/s1. The van der Waals surface area contributed by atoms with Crippen molar-refractivity contribution in [2.75, 3.05) is 6.61 Å². The molecule has 0 bridgehead atoms. The third-order valence-corrected chi connectivity index (χ3v) is 4.03. The number of ether oxygens (including phenoxy) is 1. The van der Waals surface area contributed by atoms with Crippen LogP contribution in [0.1, 0.15) is 31.0 Å². The van der Waals surface area contributed by atoms with Crippen LogP contribution < -0.4 is 5.32 Å². The van der Waals surface area contributed by atoms with E-state index in [2.05, 4.69) is 51.7 Å². The summed E-state index contributed by atoms with van der Waals surface area (Å²) in [5, 5.41) is 3.62. The molecule has 3 heterocycles. The highest BCUT2D eigenvalue weighted by Gasteiger charge is 2.32. The normalized spacial score (nSPS) is 22.5. The molecule has 20 heavy (non-hydrogen) atoms. The van der Waals surface area contributed by atoms with Gasteiger partial charge in [-0.3, -0.25) is 0 Å². The van der Waals surface area contributed by atoms with Gasteiger partial charge in [0.25, 0.3) is 0 Å². The number of imidazole rings is 1. The minimum atomic E-state index is 0.0604. The lowest BCUT2D eigenvalue weighted by molar-refractivity contribution is 0.0885. The Morgan fingerprint density at radius 1 is 1.45 bits per heavy atom. The lowest BCUT2D eigenvalue weighted by Crippen LogP contribution is -2.33. The molecule has 2 atom stereocenters. The second kappa shape index (κ2) is 5.81. The highest BCUT2D eigenvalue weighted by Crippen LogP contribution is 2.28. The first-order valence-electron chi connectivity index (χ1n) is 7.26. The summed E-state index contributed by atoms with van der Waals surface area (Å²) >= 11 is 0. The molecule has 0 saturated carbocycles. The molecule has 0 aromatic carbocycles. The Bertz CT molecular complexity index is 560. The van der Waals surface area contributed by atoms with Crippen LogP contribution >= 0.6 is 0 Å². The predicted octanol–water partition coefficient (Wildman–Crippen LogP) is 1.86. The van der Waals surface area contributed by atoms with Gasteiger partial charge in [0.05, 0.1) is 0 Å². The maximum atomic E-state index is 5.90. The molecule has 2 aromatic rings. The van der Waals surface area contributed by atoms with Gasteiger partial charge in [-0.25, -0.2) is 4.98 Å². The summed E-state index contributed by atoms with van der Waals surface area (Å²) in [5.41, 5.74) is 1.29. The summed E-state index contributed by atoms with van der Waals surface area (Å²) in [7, 11) is 2.07. The van der Waals surface area contributed by atoms with Gasteiger partial charge in [-0.15, -0.1) is 0 Å². The van der Waals surface area contributed by atoms with E-state index in [4.69, 9.17) is 4.74 Å². The van der Waals surface area contributed by atoms with Crippen LogP contribution in [0.15, 0.2) is 30.7 Å². The van der Waals surface area contributed by atoms with Crippen LogP contribution in [-0.2, 0) is 24.9 Å². The summed E-state index contributed by atoms with van der Waals surface area (Å²) in [4.78, 5) is 4.47. The first kappa shape index (κ1) is 13.4. The number of aryl methyl sites for hydroxylation is 2. The number of aromatic nitrogens is 3. The molecular formula is C15H22N4O. The smallest absolute Gasteiger partial charge is 0.139 e. The molecule has 1 aliphatic heterocycles. The molecule has 2 aromatic heterocycles. The maximum absolute atomic E-state index is 5.90. The fourth-order valence-electron chi connectivity index (χ4n) is 2.81. The number of hydrogen-bond acceptors (Lipinski definition) is 3. The first-order chi connectivity index (χ1) is 9.79. The van der Waals surface area contributed by atoms with Crippen LogP contribution in [0.4, 0.5) is 0 Å². The van der Waals surface area contributed by atoms with E-state index in [9.17, 15) is 0 Å². The quantitative estimate of drug-likeness (QED) is 0.905. The second-order valence-corrected chi connectivity index (χ2v) is 5.25. The average molecular weight is 274 g/mol. The molecule has 5 heteroatoms. The summed E-state index contributed by atoms with van der Waals surface area (Å²) in [6, 6.07) is 4.55. The van der Waals surface area contributed by atoms with E-state index >= 15 is 0 Å². The molecule has 0 aliphatic carbocycles. The molecule has 1 N–H and O–H groups in total. The summed E-state index contributed by atoms with van der Waals surface area (Å²) < 4.78 is 10.2. The van der Waals surface area contributed by atoms with Gasteiger partial charge in [0, 0.05) is 57.1 Å². The molecular weight excluding hydrogens is 252 g/mol. The third-order valence-electron chi connectivity index (χ3n) is 4.03. The first-order valence-corrected chi connectivity index (χ1v) is 7.26. The zero-order valence-corrected chi connectivity index (χ0v) is 12.1. The molecule has 0 radical (unpaired) electrons. The zero-order chi connectivity index (χ0) is 13.9. The minimum Gasteiger partial charge on any atom is -0.369 e. The van der Waals surface area contributed by atoms with Crippen LogP contribution in [0.2, 0.25) is 0 Å². The Kier molecular flexibility index (Phi) is 3.89. The Morgan fingerprint density at radius 2 is 2.35 bits per heavy atom. The maximum Gasteiger partial charge on any atom is 0.139 e. The van der Waals surface area contributed by atoms with Crippen molar-refractivity contribution in [3.05, 3.63) is 42.2 Å². The second-order valence-electron chi connectivity index (χ2n) is 5.25. The van der Waals surface area contributed by atoms with Crippen molar-refractivity contribution in [1.29, 1.82) is 0 Å². The van der Waals surface area contributed by atoms with E-state index in [1.54, 1.807) is 0 Å². The van der Waals surface area contributed by atoms with E-state index in [0.717, 1.165) is 31.9 Å². The molecule has 0 unspecified atom stereocenters. The van der Waals surface area contributed by atoms with Gasteiger partial charge in [-0.1, -0.05) is 0 Å². The van der Waals surface area contributed by atoms with Gasteiger partial charge in [0.15, 0.2) is 0 Å². The van der Waals surface area contributed by atoms with E-state index in [1.165, 1.54) is 5.69 Å². The minimum absolute atomic E-state index is 0.0604. The molecule has 5 nitrogen and oxygen atoms in total. The Morgan fingerprint density at radius 3 is 3.10 bits per heavy atom. The number of hydrogen-bond donors (Lipinski definition) is 1. The highest BCUT2D eigenvalue weighted by atomic mass is 16.5. The van der Waals surface area contributed by atoms with E-state index in [0.29, 0.717) is 6.04 Å². The molecule has 3 rings (SSSR count). The summed E-state index contributed by atoms with van der Waals surface area (Å²) in [6.07, 6.45) is 7.04. The van der Waals surface area contributed by atoms with Crippen LogP contribution in [0, 0.1) is 0 Å². The van der Waals surface area contributed by atoms with Crippen molar-refractivity contribution in [3.63, 3.8) is 0 Å². The van der Waals surface area contributed by atoms with Crippen LogP contribution in [0.5, 0.6) is 0 Å². The molecule has 0 spiro atoms. The summed E-state index contributed by atoms with van der Waals surface area (Å²) in [5.74, 6) is 1.04. The molecule has 1 saturated heterocycles. The largest absolute Gasteiger partial charge is 0.369 e. The number of rotatable bonds is 5. The van der Waals surface area contributed by atoms with Gasteiger partial charge in [0.1, 0.15) is 11.9 Å². The van der Waals surface area contributed by atoms with E-state index in [-0.39, 0.29) is 6.10 Å². The van der Waals surface area contributed by atoms with Crippen LogP contribution in [0.3, 0.4) is 0 Å². The molecule has 1 fully saturated rings. The average Bonchev–Trinajstić information content (AvgIpc) is 3.16. The lowest BCUT2D eigenvalue weighted by atomic mass is 10.1. The predicted molar refractivity (Wildman–Crippen MR) is 77.3 cm³/mol. The fourth-order valence-corrected chi connectivity index (χ4v) is 2.81. The highest BCUT2D eigenvalue weighted by molar-refractivity contribution is 5.08. The van der Waals surface area contributed by atoms with E-state index < -0.39 is 0 Å². The van der Waals surface area contributed by atoms with Gasteiger partial charge in [-0.05, 0) is 25.5 Å². The molecule has 0 amide bonds. The van der Waals surface area contributed by atoms with Crippen molar-refractivity contribution in [2.24, 2.45) is 7.05 Å². The van der Waals surface area contributed by atoms with Crippen LogP contribution in [0.25, 0.3) is 0 Å². The Balaban J connectivity index is 1.68. The van der Waals surface area contributed by atoms with E-state index in [1.807, 2.05) is 12.4 Å². The third kappa shape index (κ3) is 2.51. The van der Waals surface area contributed by atoms with Crippen LogP contribution in [-0.4, -0.2) is 26.8 Å². The Labute approximate surface area is 119 Å². The zero-order valence-electron chi connectivity index (χ0n) is 12.1. The topological polar surface area (TPSA) is 44.0 Å². The van der Waals surface area contributed by atoms with Crippen molar-refractivity contribution >= 4 is 0 Å². The van der Waals surface area contributed by atoms with Gasteiger partial charge >= 0.3 is 0 Å². The van der Waals surface area contributed by atoms with Gasteiger partial charge in [0.2, 0.25) is 0 Å². The number of nitrogens with zero attached hydrogens (tertiary/aromatic N) is 3. The van der Waals surface area contributed by atoms with Crippen molar-refractivity contribution in [1.82, 2.24) is 19.4 Å². The number of nitrogens with one attached hydrogen (secondary N) is 1. The SMILES string of the molecule is CCn1ccnc1[C@H]1OCC[C@@H]1NCc1cccn1C.